The van der Waals surface area contributed by atoms with Gasteiger partial charge in [-0.1, -0.05) is 0 Å². The fourth-order valence-electron chi connectivity index (χ4n) is 2.29. The van der Waals surface area contributed by atoms with E-state index in [0.717, 1.165) is 6.07 Å². The summed E-state index contributed by atoms with van der Waals surface area (Å²) in [7, 11) is 0. The second-order valence-corrected chi connectivity index (χ2v) is 4.72. The number of carbonyl (C=O) groups is 3. The maximum absolute atomic E-state index is 12.1. The molecule has 2 rings (SSSR count). The minimum Gasteiger partial charge on any atom is -0.507 e. The van der Waals surface area contributed by atoms with Gasteiger partial charge in [-0.25, -0.2) is 9.59 Å². The molecule has 1 aliphatic heterocycles. The van der Waals surface area contributed by atoms with Crippen LogP contribution in [-0.2, 0) is 4.79 Å². The summed E-state index contributed by atoms with van der Waals surface area (Å²) < 4.78 is 0. The average Bonchev–Trinajstić information content (AvgIpc) is 2.90. The van der Waals surface area contributed by atoms with Gasteiger partial charge in [0, 0.05) is 12.2 Å². The van der Waals surface area contributed by atoms with E-state index in [-0.39, 0.29) is 11.3 Å². The lowest BCUT2D eigenvalue weighted by atomic mass is 10.2. The number of carboxylic acids is 1. The first-order chi connectivity index (χ1) is 9.90. The molecule has 0 bridgehead atoms. The Morgan fingerprint density at radius 1 is 1.33 bits per heavy atom. The second kappa shape index (κ2) is 5.70. The summed E-state index contributed by atoms with van der Waals surface area (Å²) in [6.07, 6.45) is 1.19. The number of rotatable bonds is 3. The van der Waals surface area contributed by atoms with Crippen molar-refractivity contribution in [1.82, 2.24) is 4.90 Å². The monoisotopic (exact) mass is 293 g/mol. The van der Waals surface area contributed by atoms with Crippen molar-refractivity contribution in [1.29, 1.82) is 0 Å². The molecule has 0 aliphatic carbocycles. The number of aromatic carboxylic acids is 1. The number of amides is 3. The highest BCUT2D eigenvalue weighted by Crippen LogP contribution is 2.23. The Bertz CT molecular complexity index is 601. The highest BCUT2D eigenvalue weighted by molar-refractivity contribution is 5.96. The van der Waals surface area contributed by atoms with E-state index in [4.69, 9.17) is 10.8 Å². The molecule has 5 N–H and O–H groups in total. The number of carbonyl (C=O) groups excluding carboxylic acids is 2. The molecule has 0 aromatic heterocycles. The van der Waals surface area contributed by atoms with Crippen molar-refractivity contribution in [2.45, 2.75) is 18.9 Å². The van der Waals surface area contributed by atoms with Crippen LogP contribution in [0.2, 0.25) is 0 Å². The van der Waals surface area contributed by atoms with Crippen molar-refractivity contribution >= 4 is 23.6 Å². The van der Waals surface area contributed by atoms with Crippen LogP contribution in [0.1, 0.15) is 23.2 Å². The van der Waals surface area contributed by atoms with E-state index in [1.807, 2.05) is 0 Å². The normalized spacial score (nSPS) is 17.5. The average molecular weight is 293 g/mol. The molecule has 3 amide bonds. The van der Waals surface area contributed by atoms with Crippen LogP contribution in [0.4, 0.5) is 10.5 Å². The van der Waals surface area contributed by atoms with Crippen LogP contribution in [0.15, 0.2) is 18.2 Å². The molecule has 8 nitrogen and oxygen atoms in total. The molecule has 1 aliphatic rings. The Morgan fingerprint density at radius 2 is 2.05 bits per heavy atom. The molecule has 1 unspecified atom stereocenters. The van der Waals surface area contributed by atoms with Crippen molar-refractivity contribution < 1.29 is 24.6 Å². The van der Waals surface area contributed by atoms with E-state index in [9.17, 15) is 19.5 Å². The molecule has 8 heteroatoms. The number of nitrogens with one attached hydrogen (secondary N) is 1. The zero-order chi connectivity index (χ0) is 15.6. The molecule has 0 radical (unpaired) electrons. The van der Waals surface area contributed by atoms with Crippen molar-refractivity contribution in [3.63, 3.8) is 0 Å². The third-order valence-electron chi connectivity index (χ3n) is 3.32. The molecular formula is C13H15N3O5. The zero-order valence-electron chi connectivity index (χ0n) is 11.1. The fraction of sp³-hybridized carbons (Fsp3) is 0.308. The molecule has 112 valence electrons. The smallest absolute Gasteiger partial charge is 0.339 e. The van der Waals surface area contributed by atoms with E-state index in [1.54, 1.807) is 0 Å². The summed E-state index contributed by atoms with van der Waals surface area (Å²) in [5.41, 5.74) is 5.13. The van der Waals surface area contributed by atoms with Gasteiger partial charge in [0.25, 0.3) is 0 Å². The molecule has 1 fully saturated rings. The van der Waals surface area contributed by atoms with E-state index in [0.29, 0.717) is 19.4 Å². The molecule has 1 atom stereocenters. The largest absolute Gasteiger partial charge is 0.507 e. The lowest BCUT2D eigenvalue weighted by molar-refractivity contribution is -0.121. The maximum Gasteiger partial charge on any atom is 0.339 e. The summed E-state index contributed by atoms with van der Waals surface area (Å²) in [6.45, 7) is 0.406. The molecule has 1 saturated heterocycles. The first-order valence-electron chi connectivity index (χ1n) is 6.33. The number of hydrogen-bond donors (Lipinski definition) is 4. The van der Waals surface area contributed by atoms with Crippen LogP contribution < -0.4 is 11.1 Å². The summed E-state index contributed by atoms with van der Waals surface area (Å²) in [5.74, 6) is -2.27. The number of nitrogens with two attached hydrogens (primary N) is 1. The number of likely N-dealkylation sites (tertiary alicyclic amines) is 1. The number of carboxylic acid groups (broad SMARTS) is 1. The molecule has 21 heavy (non-hydrogen) atoms. The maximum atomic E-state index is 12.1. The SMILES string of the molecule is NC(=O)C1CCCN1C(=O)Nc1ccc(O)c(C(=O)O)c1. The minimum atomic E-state index is -1.31. The van der Waals surface area contributed by atoms with Crippen LogP contribution >= 0.6 is 0 Å². The quantitative estimate of drug-likeness (QED) is 0.605. The fourth-order valence-corrected chi connectivity index (χ4v) is 2.29. The van der Waals surface area contributed by atoms with Gasteiger partial charge in [-0.2, -0.15) is 0 Å². The Morgan fingerprint density at radius 3 is 2.67 bits per heavy atom. The van der Waals surface area contributed by atoms with Crippen molar-refractivity contribution in [2.75, 3.05) is 11.9 Å². The Balaban J connectivity index is 2.14. The molecule has 0 saturated carbocycles. The second-order valence-electron chi connectivity index (χ2n) is 4.72. The van der Waals surface area contributed by atoms with Crippen LogP contribution in [0.5, 0.6) is 5.75 Å². The van der Waals surface area contributed by atoms with Gasteiger partial charge < -0.3 is 26.2 Å². The van der Waals surface area contributed by atoms with Gasteiger partial charge in [-0.3, -0.25) is 4.79 Å². The van der Waals surface area contributed by atoms with Crippen LogP contribution in [-0.4, -0.2) is 45.6 Å². The number of urea groups is 1. The van der Waals surface area contributed by atoms with Gasteiger partial charge in [-0.05, 0) is 31.0 Å². The van der Waals surface area contributed by atoms with Gasteiger partial charge in [-0.15, -0.1) is 0 Å². The van der Waals surface area contributed by atoms with Crippen molar-refractivity contribution in [2.24, 2.45) is 5.73 Å². The third kappa shape index (κ3) is 3.04. The van der Waals surface area contributed by atoms with Crippen LogP contribution in [0, 0.1) is 0 Å². The summed E-state index contributed by atoms with van der Waals surface area (Å²) in [5, 5.41) is 20.8. The van der Waals surface area contributed by atoms with Gasteiger partial charge in [0.15, 0.2) is 0 Å². The summed E-state index contributed by atoms with van der Waals surface area (Å²) >= 11 is 0. The van der Waals surface area contributed by atoms with Gasteiger partial charge in [0.1, 0.15) is 17.4 Å². The number of hydrogen-bond acceptors (Lipinski definition) is 4. The van der Waals surface area contributed by atoms with Crippen molar-refractivity contribution in [3.05, 3.63) is 23.8 Å². The van der Waals surface area contributed by atoms with E-state index in [1.165, 1.54) is 17.0 Å². The minimum absolute atomic E-state index is 0.213. The predicted octanol–water partition coefficient (Wildman–Crippen LogP) is 0.572. The molecule has 1 heterocycles. The number of phenols is 1. The Labute approximate surface area is 120 Å². The summed E-state index contributed by atoms with van der Waals surface area (Å²) in [4.78, 5) is 35.6. The van der Waals surface area contributed by atoms with Gasteiger partial charge in [0.05, 0.1) is 0 Å². The van der Waals surface area contributed by atoms with Crippen LogP contribution in [0.25, 0.3) is 0 Å². The Kier molecular flexibility index (Phi) is 3.97. The van der Waals surface area contributed by atoms with Gasteiger partial charge >= 0.3 is 12.0 Å². The topological polar surface area (TPSA) is 133 Å². The highest BCUT2D eigenvalue weighted by atomic mass is 16.4. The zero-order valence-corrected chi connectivity index (χ0v) is 11.1. The summed E-state index contributed by atoms with van der Waals surface area (Å²) in [6, 6.07) is 2.51. The first-order valence-corrected chi connectivity index (χ1v) is 6.33. The van der Waals surface area contributed by atoms with Crippen molar-refractivity contribution in [3.8, 4) is 5.75 Å². The third-order valence-corrected chi connectivity index (χ3v) is 3.32. The molecule has 1 aromatic rings. The number of anilines is 1. The standard InChI is InChI=1S/C13H15N3O5/c14-11(18)9-2-1-5-16(9)13(21)15-7-3-4-10(17)8(6-7)12(19)20/h3-4,6,9,17H,1-2,5H2,(H2,14,18)(H,15,21)(H,19,20). The predicted molar refractivity (Wildman–Crippen MR) is 73.0 cm³/mol. The number of nitrogens with zero attached hydrogens (tertiary/aromatic N) is 1. The highest BCUT2D eigenvalue weighted by Gasteiger charge is 2.32. The van der Waals surface area contributed by atoms with Gasteiger partial charge in [0.2, 0.25) is 5.91 Å². The van der Waals surface area contributed by atoms with Crippen LogP contribution in [0.3, 0.4) is 0 Å². The van der Waals surface area contributed by atoms with E-state index in [2.05, 4.69) is 5.32 Å². The lowest BCUT2D eigenvalue weighted by Gasteiger charge is -2.22. The first kappa shape index (κ1) is 14.6. The molecule has 1 aromatic carbocycles. The Hall–Kier alpha value is -2.77. The number of primary amides is 1. The number of benzene rings is 1. The molecule has 0 spiro atoms. The number of aromatic hydroxyl groups is 1. The van der Waals surface area contributed by atoms with E-state index >= 15 is 0 Å². The lowest BCUT2D eigenvalue weighted by Crippen LogP contribution is -2.45. The van der Waals surface area contributed by atoms with E-state index < -0.39 is 29.7 Å². The molecular weight excluding hydrogens is 278 g/mol.